The average molecular weight is 354 g/mol. The van der Waals surface area contributed by atoms with Crippen LogP contribution in [0.5, 0.6) is 5.75 Å². The highest BCUT2D eigenvalue weighted by atomic mass is 79.9. The standard InChI is InChI=1S/C18H28BrNO/c1-3-12-20-13-15-6-5-7-17(19)18(15)21-16-10-8-14(4-2)9-11-16/h5-7,14,16,20H,3-4,8-13H2,1-2H3. The molecule has 0 bridgehead atoms. The lowest BCUT2D eigenvalue weighted by molar-refractivity contribution is 0.128. The molecule has 0 aliphatic heterocycles. The molecule has 0 aromatic heterocycles. The van der Waals surface area contributed by atoms with E-state index in [2.05, 4.69) is 53.3 Å². The van der Waals surface area contributed by atoms with Gasteiger partial charge in [0.05, 0.1) is 10.6 Å². The van der Waals surface area contributed by atoms with E-state index >= 15 is 0 Å². The van der Waals surface area contributed by atoms with Crippen LogP contribution < -0.4 is 10.1 Å². The summed E-state index contributed by atoms with van der Waals surface area (Å²) in [5.74, 6) is 1.95. The number of hydrogen-bond donors (Lipinski definition) is 1. The van der Waals surface area contributed by atoms with Gasteiger partial charge in [0, 0.05) is 12.1 Å². The molecular weight excluding hydrogens is 326 g/mol. The molecule has 1 aliphatic carbocycles. The first-order valence-corrected chi connectivity index (χ1v) is 9.18. The van der Waals surface area contributed by atoms with Crippen LogP contribution in [0, 0.1) is 5.92 Å². The summed E-state index contributed by atoms with van der Waals surface area (Å²) in [4.78, 5) is 0. The van der Waals surface area contributed by atoms with Crippen molar-refractivity contribution in [2.45, 2.75) is 65.0 Å². The van der Waals surface area contributed by atoms with Crippen LogP contribution in [0.25, 0.3) is 0 Å². The lowest BCUT2D eigenvalue weighted by atomic mass is 9.86. The number of rotatable bonds is 7. The minimum Gasteiger partial charge on any atom is -0.489 e. The Kier molecular flexibility index (Phi) is 7.05. The zero-order valence-corrected chi connectivity index (χ0v) is 14.9. The lowest BCUT2D eigenvalue weighted by Crippen LogP contribution is -2.25. The van der Waals surface area contributed by atoms with E-state index < -0.39 is 0 Å². The van der Waals surface area contributed by atoms with Crippen LogP contribution in [0.4, 0.5) is 0 Å². The fourth-order valence-corrected chi connectivity index (χ4v) is 3.55. The van der Waals surface area contributed by atoms with E-state index in [-0.39, 0.29) is 0 Å². The highest BCUT2D eigenvalue weighted by Crippen LogP contribution is 2.34. The SMILES string of the molecule is CCCNCc1cccc(Br)c1OC1CCC(CC)CC1. The van der Waals surface area contributed by atoms with Gasteiger partial charge in [-0.1, -0.05) is 32.4 Å². The van der Waals surface area contributed by atoms with Gasteiger partial charge >= 0.3 is 0 Å². The summed E-state index contributed by atoms with van der Waals surface area (Å²) < 4.78 is 7.43. The molecular formula is C18H28BrNO. The van der Waals surface area contributed by atoms with Gasteiger partial charge in [0.25, 0.3) is 0 Å². The Balaban J connectivity index is 1.98. The van der Waals surface area contributed by atoms with E-state index in [1.165, 1.54) is 37.7 Å². The van der Waals surface area contributed by atoms with Gasteiger partial charge in [-0.3, -0.25) is 0 Å². The fraction of sp³-hybridized carbons (Fsp3) is 0.667. The van der Waals surface area contributed by atoms with E-state index in [1.54, 1.807) is 0 Å². The number of halogens is 1. The van der Waals surface area contributed by atoms with Gasteiger partial charge in [-0.15, -0.1) is 0 Å². The molecule has 0 atom stereocenters. The Hall–Kier alpha value is -0.540. The Morgan fingerprint density at radius 1 is 1.19 bits per heavy atom. The molecule has 0 radical (unpaired) electrons. The van der Waals surface area contributed by atoms with Gasteiger partial charge in [0.1, 0.15) is 5.75 Å². The molecule has 0 spiro atoms. The number of benzene rings is 1. The Labute approximate surface area is 137 Å². The van der Waals surface area contributed by atoms with Crippen molar-refractivity contribution in [3.8, 4) is 5.75 Å². The first-order chi connectivity index (χ1) is 10.2. The summed E-state index contributed by atoms with van der Waals surface area (Å²) in [7, 11) is 0. The topological polar surface area (TPSA) is 21.3 Å². The van der Waals surface area contributed by atoms with Crippen molar-refractivity contribution in [2.24, 2.45) is 5.92 Å². The summed E-state index contributed by atoms with van der Waals surface area (Å²) >= 11 is 3.66. The minimum atomic E-state index is 0.386. The number of nitrogens with one attached hydrogen (secondary N) is 1. The quantitative estimate of drug-likeness (QED) is 0.671. The molecule has 0 amide bonds. The lowest BCUT2D eigenvalue weighted by Gasteiger charge is -2.29. The van der Waals surface area contributed by atoms with E-state index in [0.29, 0.717) is 6.10 Å². The number of para-hydroxylation sites is 1. The maximum atomic E-state index is 6.35. The largest absolute Gasteiger partial charge is 0.489 e. The number of ether oxygens (including phenoxy) is 1. The van der Waals surface area contributed by atoms with E-state index in [4.69, 9.17) is 4.74 Å². The first-order valence-electron chi connectivity index (χ1n) is 8.39. The summed E-state index contributed by atoms with van der Waals surface area (Å²) in [5.41, 5.74) is 1.26. The summed E-state index contributed by atoms with van der Waals surface area (Å²) in [6.07, 6.45) is 7.88. The van der Waals surface area contributed by atoms with Crippen molar-refractivity contribution in [3.05, 3.63) is 28.2 Å². The third kappa shape index (κ3) is 5.00. The second kappa shape index (κ2) is 8.79. The molecule has 118 valence electrons. The molecule has 0 unspecified atom stereocenters. The smallest absolute Gasteiger partial charge is 0.138 e. The van der Waals surface area contributed by atoms with Crippen LogP contribution in [-0.4, -0.2) is 12.6 Å². The molecule has 1 aromatic carbocycles. The zero-order valence-electron chi connectivity index (χ0n) is 13.3. The molecule has 1 fully saturated rings. The molecule has 3 heteroatoms. The summed E-state index contributed by atoms with van der Waals surface area (Å²) in [6, 6.07) is 6.34. The molecule has 1 aromatic rings. The molecule has 2 rings (SSSR count). The van der Waals surface area contributed by atoms with Crippen molar-refractivity contribution in [1.82, 2.24) is 5.32 Å². The molecule has 1 N–H and O–H groups in total. The first kappa shape index (κ1) is 16.8. The second-order valence-corrected chi connectivity index (χ2v) is 6.93. The van der Waals surface area contributed by atoms with Gasteiger partial charge in [-0.2, -0.15) is 0 Å². The van der Waals surface area contributed by atoms with Gasteiger partial charge in [-0.05, 0) is 66.6 Å². The fourth-order valence-electron chi connectivity index (χ4n) is 3.05. The normalized spacial score (nSPS) is 22.2. The monoisotopic (exact) mass is 353 g/mol. The zero-order chi connectivity index (χ0) is 15.1. The molecule has 0 saturated heterocycles. The molecule has 1 saturated carbocycles. The van der Waals surface area contributed by atoms with Crippen molar-refractivity contribution >= 4 is 15.9 Å². The van der Waals surface area contributed by atoms with Gasteiger partial charge in [-0.25, -0.2) is 0 Å². The molecule has 1 aliphatic rings. The van der Waals surface area contributed by atoms with E-state index in [0.717, 1.165) is 35.7 Å². The van der Waals surface area contributed by atoms with Crippen molar-refractivity contribution < 1.29 is 4.74 Å². The van der Waals surface area contributed by atoms with Crippen LogP contribution in [0.1, 0.15) is 57.9 Å². The van der Waals surface area contributed by atoms with Crippen LogP contribution in [-0.2, 0) is 6.54 Å². The Morgan fingerprint density at radius 2 is 1.95 bits per heavy atom. The van der Waals surface area contributed by atoms with Gasteiger partial charge in [0.15, 0.2) is 0 Å². The Morgan fingerprint density at radius 3 is 2.62 bits per heavy atom. The molecule has 2 nitrogen and oxygen atoms in total. The van der Waals surface area contributed by atoms with Gasteiger partial charge in [0.2, 0.25) is 0 Å². The van der Waals surface area contributed by atoms with E-state index in [9.17, 15) is 0 Å². The highest BCUT2D eigenvalue weighted by Gasteiger charge is 2.22. The predicted octanol–water partition coefficient (Wildman–Crippen LogP) is 5.30. The Bertz CT molecular complexity index is 427. The van der Waals surface area contributed by atoms with Crippen LogP contribution in [0.3, 0.4) is 0 Å². The van der Waals surface area contributed by atoms with Crippen LogP contribution >= 0.6 is 15.9 Å². The second-order valence-electron chi connectivity index (χ2n) is 6.07. The molecule has 21 heavy (non-hydrogen) atoms. The third-order valence-electron chi connectivity index (χ3n) is 4.45. The van der Waals surface area contributed by atoms with E-state index in [1.807, 2.05) is 0 Å². The maximum Gasteiger partial charge on any atom is 0.138 e. The van der Waals surface area contributed by atoms with Crippen LogP contribution in [0.2, 0.25) is 0 Å². The number of hydrogen-bond acceptors (Lipinski definition) is 2. The van der Waals surface area contributed by atoms with Crippen molar-refractivity contribution in [1.29, 1.82) is 0 Å². The van der Waals surface area contributed by atoms with Gasteiger partial charge < -0.3 is 10.1 Å². The highest BCUT2D eigenvalue weighted by molar-refractivity contribution is 9.10. The van der Waals surface area contributed by atoms with Crippen LogP contribution in [0.15, 0.2) is 22.7 Å². The third-order valence-corrected chi connectivity index (χ3v) is 5.07. The minimum absolute atomic E-state index is 0.386. The maximum absolute atomic E-state index is 6.35. The molecule has 0 heterocycles. The summed E-state index contributed by atoms with van der Waals surface area (Å²) in [5, 5.41) is 3.47. The summed E-state index contributed by atoms with van der Waals surface area (Å²) in [6.45, 7) is 6.43. The average Bonchev–Trinajstić information content (AvgIpc) is 2.51. The van der Waals surface area contributed by atoms with Crippen molar-refractivity contribution in [2.75, 3.05) is 6.54 Å². The predicted molar refractivity (Wildman–Crippen MR) is 92.8 cm³/mol. The van der Waals surface area contributed by atoms with Crippen molar-refractivity contribution in [3.63, 3.8) is 0 Å².